The molecule has 5 nitrogen and oxygen atoms in total. The number of aromatic hydroxyl groups is 1. The summed E-state index contributed by atoms with van der Waals surface area (Å²) in [6.45, 7) is 1.40. The lowest BCUT2D eigenvalue weighted by atomic mass is 10.2. The molecule has 19 heavy (non-hydrogen) atoms. The fourth-order valence-corrected chi connectivity index (χ4v) is 2.29. The summed E-state index contributed by atoms with van der Waals surface area (Å²) < 4.78 is 0. The Balaban J connectivity index is 2.20. The minimum absolute atomic E-state index is 0.0573. The average Bonchev–Trinajstić information content (AvgIpc) is 2.80. The summed E-state index contributed by atoms with van der Waals surface area (Å²) in [4.78, 5) is 27.0. The van der Waals surface area contributed by atoms with Crippen LogP contribution in [0.15, 0.2) is 23.6 Å². The summed E-state index contributed by atoms with van der Waals surface area (Å²) in [5.74, 6) is -0.726. The van der Waals surface area contributed by atoms with Crippen LogP contribution in [0.4, 0.5) is 5.13 Å². The first-order valence-electron chi connectivity index (χ1n) is 5.23. The topological polar surface area (TPSA) is 79.3 Å². The highest BCUT2D eigenvalue weighted by Crippen LogP contribution is 2.23. The van der Waals surface area contributed by atoms with E-state index in [9.17, 15) is 14.7 Å². The van der Waals surface area contributed by atoms with Gasteiger partial charge in [0.1, 0.15) is 11.4 Å². The summed E-state index contributed by atoms with van der Waals surface area (Å²) in [5, 5.41) is 13.9. The van der Waals surface area contributed by atoms with Crippen molar-refractivity contribution in [3.63, 3.8) is 0 Å². The quantitative estimate of drug-likeness (QED) is 0.854. The second-order valence-electron chi connectivity index (χ2n) is 3.71. The van der Waals surface area contributed by atoms with Gasteiger partial charge in [0.15, 0.2) is 10.9 Å². The van der Waals surface area contributed by atoms with E-state index < -0.39 is 5.91 Å². The number of phenols is 1. The summed E-state index contributed by atoms with van der Waals surface area (Å²) in [7, 11) is 0. The number of Topliss-reactive ketones (excluding diaryl/α,β-unsaturated/α-hetero) is 1. The molecule has 0 bridgehead atoms. The molecule has 2 aromatic rings. The number of thiazole rings is 1. The van der Waals surface area contributed by atoms with Crippen molar-refractivity contribution in [1.82, 2.24) is 4.98 Å². The van der Waals surface area contributed by atoms with E-state index >= 15 is 0 Å². The van der Waals surface area contributed by atoms with Crippen LogP contribution in [0, 0.1) is 0 Å². The van der Waals surface area contributed by atoms with E-state index in [-0.39, 0.29) is 22.1 Å². The van der Waals surface area contributed by atoms with E-state index in [0.29, 0.717) is 10.8 Å². The van der Waals surface area contributed by atoms with Gasteiger partial charge in [-0.3, -0.25) is 14.9 Å². The molecule has 0 aliphatic rings. The number of hydrogen-bond donors (Lipinski definition) is 2. The highest BCUT2D eigenvalue weighted by Gasteiger charge is 2.14. The predicted molar refractivity (Wildman–Crippen MR) is 73.2 cm³/mol. The minimum atomic E-state index is -0.495. The normalized spacial score (nSPS) is 10.2. The molecule has 0 atom stereocenters. The average molecular weight is 297 g/mol. The van der Waals surface area contributed by atoms with Gasteiger partial charge in [0.05, 0.1) is 10.6 Å². The number of anilines is 1. The molecule has 7 heteroatoms. The van der Waals surface area contributed by atoms with Gasteiger partial charge in [0, 0.05) is 12.3 Å². The number of halogens is 1. The van der Waals surface area contributed by atoms with Crippen LogP contribution in [0.5, 0.6) is 5.75 Å². The molecule has 0 fully saturated rings. The molecule has 2 rings (SSSR count). The van der Waals surface area contributed by atoms with Crippen molar-refractivity contribution < 1.29 is 14.7 Å². The van der Waals surface area contributed by atoms with Crippen molar-refractivity contribution >= 4 is 39.8 Å². The number of carbonyl (C=O) groups is 2. The van der Waals surface area contributed by atoms with Crippen LogP contribution in [-0.4, -0.2) is 21.8 Å². The highest BCUT2D eigenvalue weighted by atomic mass is 35.5. The molecule has 0 saturated heterocycles. The molecule has 0 unspecified atom stereocenters. The van der Waals surface area contributed by atoms with Crippen molar-refractivity contribution in [1.29, 1.82) is 0 Å². The molecule has 0 aliphatic heterocycles. The van der Waals surface area contributed by atoms with Gasteiger partial charge in [-0.05, 0) is 18.2 Å². The van der Waals surface area contributed by atoms with Gasteiger partial charge >= 0.3 is 0 Å². The zero-order valence-corrected chi connectivity index (χ0v) is 11.4. The molecule has 1 aromatic heterocycles. The minimum Gasteiger partial charge on any atom is -0.508 e. The first kappa shape index (κ1) is 13.5. The first-order chi connectivity index (χ1) is 8.97. The second kappa shape index (κ2) is 5.38. The van der Waals surface area contributed by atoms with Crippen LogP contribution >= 0.6 is 22.9 Å². The Labute approximate surface area is 117 Å². The number of carbonyl (C=O) groups excluding carboxylic acids is 2. The van der Waals surface area contributed by atoms with E-state index in [1.165, 1.54) is 25.1 Å². The number of rotatable bonds is 3. The maximum Gasteiger partial charge on any atom is 0.259 e. The molecule has 98 valence electrons. The van der Waals surface area contributed by atoms with E-state index in [1.807, 2.05) is 0 Å². The third-order valence-electron chi connectivity index (χ3n) is 2.28. The lowest BCUT2D eigenvalue weighted by molar-refractivity contribution is 0.100. The van der Waals surface area contributed by atoms with Crippen LogP contribution < -0.4 is 5.32 Å². The molecule has 0 spiro atoms. The van der Waals surface area contributed by atoms with Gasteiger partial charge in [-0.25, -0.2) is 4.98 Å². The van der Waals surface area contributed by atoms with E-state index in [1.54, 1.807) is 5.38 Å². The van der Waals surface area contributed by atoms with Gasteiger partial charge in [-0.1, -0.05) is 11.6 Å². The monoisotopic (exact) mass is 296 g/mol. The second-order valence-corrected chi connectivity index (χ2v) is 4.98. The standard InChI is InChI=1S/C12H9ClN2O3S/c1-6(16)10-5-19-12(14-10)15-11(18)8-4-7(17)2-3-9(8)13/h2-5,17H,1H3,(H,14,15,18). The zero-order valence-electron chi connectivity index (χ0n) is 9.81. The lowest BCUT2D eigenvalue weighted by Gasteiger charge is -2.04. The zero-order chi connectivity index (χ0) is 14.0. The number of phenolic OH excluding ortho intramolecular Hbond substituents is 1. The van der Waals surface area contributed by atoms with Crippen molar-refractivity contribution in [3.05, 3.63) is 39.9 Å². The maximum atomic E-state index is 11.9. The number of ketones is 1. The number of hydrogen-bond acceptors (Lipinski definition) is 5. The Hall–Kier alpha value is -1.92. The Morgan fingerprint density at radius 1 is 1.42 bits per heavy atom. The van der Waals surface area contributed by atoms with E-state index in [2.05, 4.69) is 10.3 Å². The maximum absolute atomic E-state index is 11.9. The third kappa shape index (κ3) is 3.10. The number of nitrogens with one attached hydrogen (secondary N) is 1. The molecular formula is C12H9ClN2O3S. The summed E-state index contributed by atoms with van der Waals surface area (Å²) >= 11 is 7.01. The number of aromatic nitrogens is 1. The van der Waals surface area contributed by atoms with Crippen molar-refractivity contribution in [2.45, 2.75) is 6.92 Å². The number of nitrogens with zero attached hydrogens (tertiary/aromatic N) is 1. The van der Waals surface area contributed by atoms with Crippen molar-refractivity contribution in [2.75, 3.05) is 5.32 Å². The van der Waals surface area contributed by atoms with Crippen LogP contribution in [0.25, 0.3) is 0 Å². The SMILES string of the molecule is CC(=O)c1csc(NC(=O)c2cc(O)ccc2Cl)n1. The van der Waals surface area contributed by atoms with E-state index in [4.69, 9.17) is 11.6 Å². The first-order valence-corrected chi connectivity index (χ1v) is 6.49. The third-order valence-corrected chi connectivity index (χ3v) is 3.37. The Morgan fingerprint density at radius 2 is 2.16 bits per heavy atom. The molecule has 1 aromatic carbocycles. The Morgan fingerprint density at radius 3 is 2.79 bits per heavy atom. The van der Waals surface area contributed by atoms with Crippen LogP contribution in [0.2, 0.25) is 5.02 Å². The van der Waals surface area contributed by atoms with Gasteiger partial charge in [-0.15, -0.1) is 11.3 Å². The lowest BCUT2D eigenvalue weighted by Crippen LogP contribution is -2.12. The van der Waals surface area contributed by atoms with Crippen LogP contribution in [0.1, 0.15) is 27.8 Å². The molecule has 0 aliphatic carbocycles. The smallest absolute Gasteiger partial charge is 0.259 e. The van der Waals surface area contributed by atoms with Crippen LogP contribution in [0.3, 0.4) is 0 Å². The van der Waals surface area contributed by atoms with Crippen molar-refractivity contribution in [3.8, 4) is 5.75 Å². The van der Waals surface area contributed by atoms with E-state index in [0.717, 1.165) is 11.3 Å². The fourth-order valence-electron chi connectivity index (χ4n) is 1.34. The van der Waals surface area contributed by atoms with Gasteiger partial charge < -0.3 is 5.11 Å². The summed E-state index contributed by atoms with van der Waals surface area (Å²) in [5.41, 5.74) is 0.434. The Bertz CT molecular complexity index is 654. The molecule has 2 N–H and O–H groups in total. The van der Waals surface area contributed by atoms with Crippen LogP contribution in [-0.2, 0) is 0 Å². The van der Waals surface area contributed by atoms with Gasteiger partial charge in [-0.2, -0.15) is 0 Å². The van der Waals surface area contributed by atoms with Gasteiger partial charge in [0.2, 0.25) is 0 Å². The molecule has 0 radical (unpaired) electrons. The Kier molecular flexibility index (Phi) is 3.82. The molecule has 0 saturated carbocycles. The summed E-state index contributed by atoms with van der Waals surface area (Å²) in [6, 6.07) is 4.07. The van der Waals surface area contributed by atoms with Gasteiger partial charge in [0.25, 0.3) is 5.91 Å². The predicted octanol–water partition coefficient (Wildman–Crippen LogP) is 2.96. The number of benzene rings is 1. The number of amides is 1. The van der Waals surface area contributed by atoms with Crippen molar-refractivity contribution in [2.24, 2.45) is 0 Å². The molecule has 1 heterocycles. The highest BCUT2D eigenvalue weighted by molar-refractivity contribution is 7.14. The molecule has 1 amide bonds. The summed E-state index contributed by atoms with van der Waals surface area (Å²) in [6.07, 6.45) is 0. The largest absolute Gasteiger partial charge is 0.508 e. The fraction of sp³-hybridized carbons (Fsp3) is 0.0833. The molecular weight excluding hydrogens is 288 g/mol.